The minimum atomic E-state index is -1.06. The Morgan fingerprint density at radius 1 is 1.05 bits per heavy atom. The third kappa shape index (κ3) is 12.0. The summed E-state index contributed by atoms with van der Waals surface area (Å²) in [5.41, 5.74) is 2.01. The lowest BCUT2D eigenvalue weighted by Crippen LogP contribution is -2.26. The predicted octanol–water partition coefficient (Wildman–Crippen LogP) is 7.78. The van der Waals surface area contributed by atoms with Gasteiger partial charge in [0.25, 0.3) is 0 Å². The molecule has 0 spiro atoms. The van der Waals surface area contributed by atoms with Crippen LogP contribution in [-0.4, -0.2) is 43.4 Å². The van der Waals surface area contributed by atoms with Crippen LogP contribution in [0.4, 0.5) is 0 Å². The van der Waals surface area contributed by atoms with Crippen LogP contribution in [-0.2, 0) is 9.47 Å². The molecular weight excluding hydrogens is 558 g/mol. The van der Waals surface area contributed by atoms with Crippen LogP contribution in [0.25, 0.3) is 0 Å². The SMILES string of the molecule is C=C(/C=C\C(=C)C1=C\C(=N)NC(=N)/C=C/C=C/C(C2CCCCC2)C\C(Oc2ccc(C(O)OCCOC)cc2)=C\1)SC. The number of rotatable bonds is 12. The molecular formula is C35H45N3O4S. The maximum Gasteiger partial charge on any atom is 0.181 e. The van der Waals surface area contributed by atoms with Gasteiger partial charge in [-0.05, 0) is 83.4 Å². The van der Waals surface area contributed by atoms with E-state index in [0.717, 1.165) is 10.7 Å². The molecule has 3 rings (SSSR count). The molecule has 1 saturated carbocycles. The quantitative estimate of drug-likeness (QED) is 0.110. The average Bonchev–Trinajstić information content (AvgIpc) is 3.02. The Kier molecular flexibility index (Phi) is 14.5. The second-order valence-corrected chi connectivity index (χ2v) is 11.5. The number of nitrogens with one attached hydrogen (secondary N) is 3. The Hall–Kier alpha value is -3.43. The number of hydrogen-bond donors (Lipinski definition) is 4. The molecule has 1 aromatic carbocycles. The molecule has 1 aromatic rings. The Morgan fingerprint density at radius 2 is 1.79 bits per heavy atom. The second kappa shape index (κ2) is 18.3. The minimum absolute atomic E-state index is 0.0670. The van der Waals surface area contributed by atoms with Gasteiger partial charge in [0.15, 0.2) is 6.29 Å². The Bertz CT molecular complexity index is 1270. The van der Waals surface area contributed by atoms with Crippen molar-refractivity contribution in [2.24, 2.45) is 11.8 Å². The van der Waals surface area contributed by atoms with E-state index in [4.69, 9.17) is 25.0 Å². The number of methoxy groups -OCH3 is 1. The highest BCUT2D eigenvalue weighted by Gasteiger charge is 2.24. The van der Waals surface area contributed by atoms with Crippen LogP contribution >= 0.6 is 11.8 Å². The molecule has 230 valence electrons. The number of aliphatic hydroxyl groups is 1. The van der Waals surface area contributed by atoms with E-state index >= 15 is 0 Å². The third-order valence-electron chi connectivity index (χ3n) is 7.39. The first-order valence-corrected chi connectivity index (χ1v) is 15.9. The molecule has 1 fully saturated rings. The normalized spacial score (nSPS) is 23.4. The molecule has 0 amide bonds. The van der Waals surface area contributed by atoms with Gasteiger partial charge in [0, 0.05) is 19.1 Å². The lowest BCUT2D eigenvalue weighted by atomic mass is 9.78. The van der Waals surface area contributed by atoms with Crippen LogP contribution in [0, 0.1) is 22.7 Å². The van der Waals surface area contributed by atoms with Crippen molar-refractivity contribution in [1.82, 2.24) is 5.32 Å². The fourth-order valence-electron chi connectivity index (χ4n) is 5.00. The van der Waals surface area contributed by atoms with Crippen molar-refractivity contribution in [2.75, 3.05) is 26.6 Å². The summed E-state index contributed by atoms with van der Waals surface area (Å²) in [6, 6.07) is 7.21. The first-order valence-electron chi connectivity index (χ1n) is 14.7. The Balaban J connectivity index is 2.00. The van der Waals surface area contributed by atoms with Gasteiger partial charge in [0.1, 0.15) is 23.2 Å². The van der Waals surface area contributed by atoms with Crippen LogP contribution in [0.15, 0.2) is 108 Å². The molecule has 0 saturated heterocycles. The van der Waals surface area contributed by atoms with Crippen molar-refractivity contribution in [2.45, 2.75) is 44.8 Å². The molecule has 2 aliphatic rings. The molecule has 2 atom stereocenters. The first kappa shape index (κ1) is 34.1. The Morgan fingerprint density at radius 3 is 2.49 bits per heavy atom. The summed E-state index contributed by atoms with van der Waals surface area (Å²) >= 11 is 1.55. The van der Waals surface area contributed by atoms with Crippen molar-refractivity contribution in [3.05, 3.63) is 113 Å². The summed E-state index contributed by atoms with van der Waals surface area (Å²) in [5, 5.41) is 29.9. The monoisotopic (exact) mass is 603 g/mol. The van der Waals surface area contributed by atoms with Gasteiger partial charge >= 0.3 is 0 Å². The molecule has 1 aliphatic carbocycles. The van der Waals surface area contributed by atoms with Crippen LogP contribution in [0.2, 0.25) is 0 Å². The second-order valence-electron chi connectivity index (χ2n) is 10.6. The fraction of sp³-hybridized carbons (Fsp3) is 0.371. The largest absolute Gasteiger partial charge is 0.462 e. The van der Waals surface area contributed by atoms with Crippen LogP contribution in [0.1, 0.15) is 50.4 Å². The number of ether oxygens (including phenoxy) is 3. The number of hydrogen-bond acceptors (Lipinski definition) is 7. The molecule has 0 aromatic heterocycles. The molecule has 1 aliphatic heterocycles. The van der Waals surface area contributed by atoms with Crippen molar-refractivity contribution in [3.63, 3.8) is 0 Å². The molecule has 0 bridgehead atoms. The van der Waals surface area contributed by atoms with Gasteiger partial charge in [-0.1, -0.05) is 68.9 Å². The molecule has 0 radical (unpaired) electrons. The summed E-state index contributed by atoms with van der Waals surface area (Å²) < 4.78 is 17.0. The number of thioether (sulfide) groups is 1. The summed E-state index contributed by atoms with van der Waals surface area (Å²) in [4.78, 5) is 0.892. The van der Waals surface area contributed by atoms with Crippen molar-refractivity contribution in [3.8, 4) is 5.75 Å². The van der Waals surface area contributed by atoms with E-state index in [1.165, 1.54) is 32.1 Å². The standard InChI is InChI=1S/C35H45N3O4S/c1-25(14-15-26(2)43-4)30-23-32(42-31-18-16-28(17-19-31)35(39)41-21-20-40-3)22-29(27-10-6-5-7-11-27)12-8-9-13-33(36)38-34(37)24-30/h8-9,12-19,23-24,27,29,35,39H,1-2,5-7,10-11,20-22H2,3-4H3,(H3,36,37,38)/b12-8+,13-9+,15-14-,30-24-,32-23-. The van der Waals surface area contributed by atoms with E-state index in [9.17, 15) is 5.11 Å². The molecule has 43 heavy (non-hydrogen) atoms. The van der Waals surface area contributed by atoms with Crippen LogP contribution < -0.4 is 10.1 Å². The summed E-state index contributed by atoms with van der Waals surface area (Å²) in [5.74, 6) is 2.31. The van der Waals surface area contributed by atoms with Crippen LogP contribution in [0.3, 0.4) is 0 Å². The van der Waals surface area contributed by atoms with Crippen molar-refractivity contribution < 1.29 is 19.3 Å². The van der Waals surface area contributed by atoms with E-state index in [-0.39, 0.29) is 24.2 Å². The molecule has 2 unspecified atom stereocenters. The van der Waals surface area contributed by atoms with Gasteiger partial charge in [-0.3, -0.25) is 10.8 Å². The number of allylic oxidation sites excluding steroid dienone is 9. The Labute approximate surface area is 260 Å². The van der Waals surface area contributed by atoms with Gasteiger partial charge in [0.05, 0.1) is 13.2 Å². The zero-order chi connectivity index (χ0) is 31.0. The smallest absolute Gasteiger partial charge is 0.181 e. The predicted molar refractivity (Wildman–Crippen MR) is 179 cm³/mol. The van der Waals surface area contributed by atoms with E-state index < -0.39 is 6.29 Å². The fourth-order valence-corrected chi connectivity index (χ4v) is 5.21. The van der Waals surface area contributed by atoms with Crippen LogP contribution in [0.5, 0.6) is 5.75 Å². The average molecular weight is 604 g/mol. The summed E-state index contributed by atoms with van der Waals surface area (Å²) in [7, 11) is 1.59. The van der Waals surface area contributed by atoms with E-state index in [1.807, 2.05) is 48.8 Å². The highest BCUT2D eigenvalue weighted by molar-refractivity contribution is 8.02. The zero-order valence-electron chi connectivity index (χ0n) is 25.3. The third-order valence-corrected chi connectivity index (χ3v) is 8.05. The van der Waals surface area contributed by atoms with Gasteiger partial charge in [-0.2, -0.15) is 0 Å². The van der Waals surface area contributed by atoms with Gasteiger partial charge in [0.2, 0.25) is 0 Å². The maximum atomic E-state index is 10.4. The number of aliphatic hydroxyl groups excluding tert-OH is 1. The number of benzene rings is 1. The van der Waals surface area contributed by atoms with Crippen molar-refractivity contribution in [1.29, 1.82) is 10.8 Å². The molecule has 7 nitrogen and oxygen atoms in total. The number of amidine groups is 2. The first-order chi connectivity index (χ1) is 20.8. The van der Waals surface area contributed by atoms with Crippen molar-refractivity contribution >= 4 is 23.4 Å². The highest BCUT2D eigenvalue weighted by Crippen LogP contribution is 2.35. The van der Waals surface area contributed by atoms with Gasteiger partial charge in [-0.25, -0.2) is 0 Å². The van der Waals surface area contributed by atoms with E-state index in [0.29, 0.717) is 41.4 Å². The van der Waals surface area contributed by atoms with Gasteiger partial charge in [-0.15, -0.1) is 11.8 Å². The topological polar surface area (TPSA) is 108 Å². The minimum Gasteiger partial charge on any atom is -0.462 e. The molecule has 4 N–H and O–H groups in total. The van der Waals surface area contributed by atoms with Gasteiger partial charge < -0.3 is 24.6 Å². The summed E-state index contributed by atoms with van der Waals surface area (Å²) in [6.07, 6.45) is 22.7. The maximum absolute atomic E-state index is 10.4. The molecule has 1 heterocycles. The zero-order valence-corrected chi connectivity index (χ0v) is 26.1. The van der Waals surface area contributed by atoms with E-state index in [2.05, 4.69) is 24.6 Å². The lowest BCUT2D eigenvalue weighted by molar-refractivity contribution is -0.113. The molecule has 8 heteroatoms. The summed E-state index contributed by atoms with van der Waals surface area (Å²) in [6.45, 7) is 8.99. The van der Waals surface area contributed by atoms with E-state index in [1.54, 1.807) is 43.2 Å². The lowest BCUT2D eigenvalue weighted by Gasteiger charge is -2.29. The highest BCUT2D eigenvalue weighted by atomic mass is 32.2.